The molecule has 2 N–H and O–H groups in total. The summed E-state index contributed by atoms with van der Waals surface area (Å²) in [6, 6.07) is 1.81. The lowest BCUT2D eigenvalue weighted by Crippen LogP contribution is -2.32. The van der Waals surface area contributed by atoms with E-state index in [1.54, 1.807) is 4.68 Å². The number of nitrogens with one attached hydrogen (secondary N) is 2. The van der Waals surface area contributed by atoms with Gasteiger partial charge in [-0.25, -0.2) is 0 Å². The Balaban J connectivity index is 2.51. The first-order valence-electron chi connectivity index (χ1n) is 5.72. The van der Waals surface area contributed by atoms with E-state index in [2.05, 4.69) is 15.7 Å². The summed E-state index contributed by atoms with van der Waals surface area (Å²) in [4.78, 5) is 11.8. The van der Waals surface area contributed by atoms with Crippen LogP contribution in [0.15, 0.2) is 6.07 Å². The smallest absolute Gasteiger partial charge is 0.269 e. The predicted octanol–water partition coefficient (Wildman–Crippen LogP) is 0.551. The molecular formula is C11H20N4O. The fourth-order valence-electron chi connectivity index (χ4n) is 1.50. The molecule has 0 atom stereocenters. The van der Waals surface area contributed by atoms with E-state index in [9.17, 15) is 4.79 Å². The van der Waals surface area contributed by atoms with E-state index in [1.165, 1.54) is 0 Å². The first kappa shape index (κ1) is 12.7. The van der Waals surface area contributed by atoms with E-state index < -0.39 is 0 Å². The first-order chi connectivity index (χ1) is 7.69. The Morgan fingerprint density at radius 1 is 1.44 bits per heavy atom. The molecule has 0 unspecified atom stereocenters. The summed E-state index contributed by atoms with van der Waals surface area (Å²) < 4.78 is 1.72. The number of rotatable bonds is 6. The van der Waals surface area contributed by atoms with Gasteiger partial charge in [-0.05, 0) is 26.5 Å². The van der Waals surface area contributed by atoms with Gasteiger partial charge in [-0.1, -0.05) is 6.92 Å². The Labute approximate surface area is 96.2 Å². The minimum atomic E-state index is -0.0552. The molecule has 5 nitrogen and oxygen atoms in total. The first-order valence-corrected chi connectivity index (χ1v) is 5.72. The van der Waals surface area contributed by atoms with E-state index in [-0.39, 0.29) is 5.91 Å². The van der Waals surface area contributed by atoms with Crippen LogP contribution in [-0.2, 0) is 6.54 Å². The van der Waals surface area contributed by atoms with E-state index >= 15 is 0 Å². The highest BCUT2D eigenvalue weighted by Crippen LogP contribution is 2.03. The van der Waals surface area contributed by atoms with Gasteiger partial charge in [0.25, 0.3) is 5.91 Å². The highest BCUT2D eigenvalue weighted by molar-refractivity contribution is 5.92. The van der Waals surface area contributed by atoms with Crippen LogP contribution in [0.4, 0.5) is 0 Å². The van der Waals surface area contributed by atoms with Gasteiger partial charge in [-0.2, -0.15) is 5.10 Å². The van der Waals surface area contributed by atoms with E-state index in [0.717, 1.165) is 18.8 Å². The summed E-state index contributed by atoms with van der Waals surface area (Å²) in [7, 11) is 0. The van der Waals surface area contributed by atoms with Crippen molar-refractivity contribution in [2.75, 3.05) is 19.6 Å². The van der Waals surface area contributed by atoms with Crippen molar-refractivity contribution in [1.29, 1.82) is 0 Å². The molecule has 0 spiro atoms. The Morgan fingerprint density at radius 2 is 2.19 bits per heavy atom. The van der Waals surface area contributed by atoms with Gasteiger partial charge < -0.3 is 10.6 Å². The number of carbonyl (C=O) groups excluding carboxylic acids is 1. The van der Waals surface area contributed by atoms with E-state index in [0.29, 0.717) is 18.8 Å². The minimum Gasteiger partial charge on any atom is -0.349 e. The van der Waals surface area contributed by atoms with Crippen LogP contribution in [0.5, 0.6) is 0 Å². The Hall–Kier alpha value is -1.36. The lowest BCUT2D eigenvalue weighted by atomic mass is 10.3. The number of aryl methyl sites for hydroxylation is 2. The summed E-state index contributed by atoms with van der Waals surface area (Å²) in [6.07, 6.45) is 0. The molecule has 0 saturated carbocycles. The molecule has 0 saturated heterocycles. The number of aromatic nitrogens is 2. The summed E-state index contributed by atoms with van der Waals surface area (Å²) in [6.45, 7) is 8.97. The van der Waals surface area contributed by atoms with Crippen molar-refractivity contribution >= 4 is 5.91 Å². The van der Waals surface area contributed by atoms with E-state index in [1.807, 2.05) is 26.8 Å². The zero-order valence-electron chi connectivity index (χ0n) is 10.2. The van der Waals surface area contributed by atoms with Gasteiger partial charge in [-0.3, -0.25) is 9.48 Å². The second-order valence-electron chi connectivity index (χ2n) is 3.60. The van der Waals surface area contributed by atoms with Gasteiger partial charge in [0.05, 0.1) is 5.69 Å². The van der Waals surface area contributed by atoms with Crippen LogP contribution in [0.2, 0.25) is 0 Å². The molecule has 0 aliphatic carbocycles. The van der Waals surface area contributed by atoms with Crippen molar-refractivity contribution in [3.63, 3.8) is 0 Å². The number of amides is 1. The molecule has 1 heterocycles. The Kier molecular flexibility index (Phi) is 4.98. The molecule has 0 radical (unpaired) electrons. The Bertz CT molecular complexity index is 346. The van der Waals surface area contributed by atoms with Crippen molar-refractivity contribution in [3.05, 3.63) is 17.5 Å². The van der Waals surface area contributed by atoms with Crippen LogP contribution < -0.4 is 10.6 Å². The van der Waals surface area contributed by atoms with Gasteiger partial charge in [0.15, 0.2) is 0 Å². The second-order valence-corrected chi connectivity index (χ2v) is 3.60. The molecule has 0 fully saturated rings. The lowest BCUT2D eigenvalue weighted by Gasteiger charge is -2.06. The quantitative estimate of drug-likeness (QED) is 0.694. The summed E-state index contributed by atoms with van der Waals surface area (Å²) in [5.41, 5.74) is 1.51. The topological polar surface area (TPSA) is 58.9 Å². The summed E-state index contributed by atoms with van der Waals surface area (Å²) in [5, 5.41) is 10.2. The second kappa shape index (κ2) is 6.27. The number of nitrogens with zero attached hydrogens (tertiary/aromatic N) is 2. The molecule has 1 aromatic rings. The third-order valence-electron chi connectivity index (χ3n) is 2.27. The molecule has 16 heavy (non-hydrogen) atoms. The zero-order chi connectivity index (χ0) is 12.0. The highest BCUT2D eigenvalue weighted by atomic mass is 16.2. The number of likely N-dealkylation sites (N-methyl/N-ethyl adjacent to an activating group) is 1. The lowest BCUT2D eigenvalue weighted by molar-refractivity contribution is 0.0943. The fraction of sp³-hybridized carbons (Fsp3) is 0.636. The average Bonchev–Trinajstić information content (AvgIpc) is 2.65. The van der Waals surface area contributed by atoms with Crippen molar-refractivity contribution in [1.82, 2.24) is 20.4 Å². The van der Waals surface area contributed by atoms with Gasteiger partial charge in [0.2, 0.25) is 0 Å². The van der Waals surface area contributed by atoms with Crippen molar-refractivity contribution in [2.24, 2.45) is 0 Å². The van der Waals surface area contributed by atoms with E-state index in [4.69, 9.17) is 0 Å². The highest BCUT2D eigenvalue weighted by Gasteiger charge is 2.11. The normalized spacial score (nSPS) is 10.4. The molecule has 0 bridgehead atoms. The molecule has 5 heteroatoms. The third kappa shape index (κ3) is 3.34. The molecule has 0 aliphatic heterocycles. The summed E-state index contributed by atoms with van der Waals surface area (Å²) in [5.74, 6) is -0.0552. The number of carbonyl (C=O) groups is 1. The summed E-state index contributed by atoms with van der Waals surface area (Å²) >= 11 is 0. The molecular weight excluding hydrogens is 204 g/mol. The SMILES string of the molecule is CCNCCNC(=O)c1cc(C)nn1CC. The number of hydrogen-bond acceptors (Lipinski definition) is 3. The molecule has 1 aromatic heterocycles. The van der Waals surface area contributed by atoms with Gasteiger partial charge in [-0.15, -0.1) is 0 Å². The molecule has 1 rings (SSSR count). The van der Waals surface area contributed by atoms with Crippen LogP contribution in [0.25, 0.3) is 0 Å². The monoisotopic (exact) mass is 224 g/mol. The standard InChI is InChI=1S/C11H20N4O/c1-4-12-6-7-13-11(16)10-8-9(3)14-15(10)5-2/h8,12H,4-7H2,1-3H3,(H,13,16). The van der Waals surface area contributed by atoms with Crippen molar-refractivity contribution in [3.8, 4) is 0 Å². The minimum absolute atomic E-state index is 0.0552. The van der Waals surface area contributed by atoms with Gasteiger partial charge in [0, 0.05) is 19.6 Å². The molecule has 0 aromatic carbocycles. The predicted molar refractivity (Wildman–Crippen MR) is 63.5 cm³/mol. The Morgan fingerprint density at radius 3 is 2.81 bits per heavy atom. The van der Waals surface area contributed by atoms with Gasteiger partial charge >= 0.3 is 0 Å². The zero-order valence-corrected chi connectivity index (χ0v) is 10.2. The van der Waals surface area contributed by atoms with Crippen LogP contribution >= 0.6 is 0 Å². The largest absolute Gasteiger partial charge is 0.349 e. The van der Waals surface area contributed by atoms with Crippen LogP contribution in [-0.4, -0.2) is 35.3 Å². The molecule has 90 valence electrons. The maximum Gasteiger partial charge on any atom is 0.269 e. The van der Waals surface area contributed by atoms with Gasteiger partial charge in [0.1, 0.15) is 5.69 Å². The van der Waals surface area contributed by atoms with Crippen LogP contribution in [0.3, 0.4) is 0 Å². The number of hydrogen-bond donors (Lipinski definition) is 2. The molecule has 1 amide bonds. The van der Waals surface area contributed by atoms with Crippen LogP contribution in [0, 0.1) is 6.92 Å². The van der Waals surface area contributed by atoms with Crippen molar-refractivity contribution in [2.45, 2.75) is 27.3 Å². The average molecular weight is 224 g/mol. The maximum atomic E-state index is 11.8. The molecule has 0 aliphatic rings. The third-order valence-corrected chi connectivity index (χ3v) is 2.27. The van der Waals surface area contributed by atoms with Crippen LogP contribution in [0.1, 0.15) is 30.0 Å². The maximum absolute atomic E-state index is 11.8. The fourth-order valence-corrected chi connectivity index (χ4v) is 1.50. The van der Waals surface area contributed by atoms with Crippen molar-refractivity contribution < 1.29 is 4.79 Å².